The molecule has 0 saturated carbocycles. The van der Waals surface area contributed by atoms with Crippen LogP contribution in [-0.2, 0) is 0 Å². The molecule has 2 N–H and O–H groups in total. The highest BCUT2D eigenvalue weighted by Gasteiger charge is 2.29. The molecule has 0 aromatic heterocycles. The molecule has 1 aliphatic heterocycles. The molecule has 2 heteroatoms. The summed E-state index contributed by atoms with van der Waals surface area (Å²) in [5.41, 5.74) is 6.13. The SMILES string of the molecule is CC(C)CCCCCCN1CCC(N)C(C)C1C. The second-order valence-corrected chi connectivity index (χ2v) is 6.68. The Kier molecular flexibility index (Phi) is 7.25. The molecule has 0 bridgehead atoms. The summed E-state index contributed by atoms with van der Waals surface area (Å²) in [5, 5.41) is 0. The minimum absolute atomic E-state index is 0.419. The fraction of sp³-hybridized carbons (Fsp3) is 1.00. The molecule has 0 aromatic carbocycles. The van der Waals surface area contributed by atoms with Crippen molar-refractivity contribution in [1.82, 2.24) is 4.90 Å². The molecule has 1 saturated heterocycles. The Morgan fingerprint density at radius 3 is 2.44 bits per heavy atom. The zero-order chi connectivity index (χ0) is 13.5. The summed E-state index contributed by atoms with van der Waals surface area (Å²) in [4.78, 5) is 2.65. The number of piperidine rings is 1. The number of nitrogens with zero attached hydrogens (tertiary/aromatic N) is 1. The maximum Gasteiger partial charge on any atom is 0.0107 e. The number of hydrogen-bond donors (Lipinski definition) is 1. The molecule has 18 heavy (non-hydrogen) atoms. The summed E-state index contributed by atoms with van der Waals surface area (Å²) in [7, 11) is 0. The van der Waals surface area contributed by atoms with Crippen molar-refractivity contribution in [3.8, 4) is 0 Å². The van der Waals surface area contributed by atoms with E-state index in [1.807, 2.05) is 0 Å². The lowest BCUT2D eigenvalue weighted by Crippen LogP contribution is -2.51. The molecule has 0 aromatic rings. The van der Waals surface area contributed by atoms with Gasteiger partial charge in [0.25, 0.3) is 0 Å². The molecular formula is C16H34N2. The third-order valence-corrected chi connectivity index (χ3v) is 4.74. The van der Waals surface area contributed by atoms with E-state index in [1.54, 1.807) is 0 Å². The summed E-state index contributed by atoms with van der Waals surface area (Å²) in [6.45, 7) is 11.8. The molecule has 1 rings (SSSR count). The first-order chi connectivity index (χ1) is 8.52. The van der Waals surface area contributed by atoms with Crippen molar-refractivity contribution in [2.24, 2.45) is 17.6 Å². The fourth-order valence-corrected chi connectivity index (χ4v) is 3.01. The van der Waals surface area contributed by atoms with Gasteiger partial charge in [-0.1, -0.05) is 46.5 Å². The van der Waals surface area contributed by atoms with Crippen molar-refractivity contribution in [1.29, 1.82) is 0 Å². The fourth-order valence-electron chi connectivity index (χ4n) is 3.01. The predicted octanol–water partition coefficient (Wildman–Crippen LogP) is 3.65. The van der Waals surface area contributed by atoms with Crippen molar-refractivity contribution in [2.45, 2.75) is 78.3 Å². The van der Waals surface area contributed by atoms with Crippen LogP contribution in [0.5, 0.6) is 0 Å². The van der Waals surface area contributed by atoms with Gasteiger partial charge in [-0.3, -0.25) is 0 Å². The van der Waals surface area contributed by atoms with E-state index in [0.29, 0.717) is 18.0 Å². The maximum absolute atomic E-state index is 6.13. The van der Waals surface area contributed by atoms with Crippen LogP contribution in [-0.4, -0.2) is 30.1 Å². The Morgan fingerprint density at radius 1 is 1.11 bits per heavy atom. The summed E-state index contributed by atoms with van der Waals surface area (Å²) in [6.07, 6.45) is 8.16. The second kappa shape index (κ2) is 8.16. The summed E-state index contributed by atoms with van der Waals surface area (Å²) in [6, 6.07) is 1.09. The van der Waals surface area contributed by atoms with Gasteiger partial charge in [0.2, 0.25) is 0 Å². The molecule has 1 aliphatic rings. The second-order valence-electron chi connectivity index (χ2n) is 6.68. The summed E-state index contributed by atoms with van der Waals surface area (Å²) in [5.74, 6) is 1.52. The Balaban J connectivity index is 2.08. The van der Waals surface area contributed by atoms with Gasteiger partial charge in [-0.25, -0.2) is 0 Å². The molecule has 3 unspecified atom stereocenters. The number of nitrogens with two attached hydrogens (primary N) is 1. The normalized spacial score (nSPS) is 30.0. The van der Waals surface area contributed by atoms with Crippen molar-refractivity contribution in [3.05, 3.63) is 0 Å². The van der Waals surface area contributed by atoms with Crippen LogP contribution in [0.3, 0.4) is 0 Å². The average molecular weight is 254 g/mol. The smallest absolute Gasteiger partial charge is 0.0107 e. The topological polar surface area (TPSA) is 29.3 Å². The minimum atomic E-state index is 0.419. The number of likely N-dealkylation sites (tertiary alicyclic amines) is 1. The first-order valence-electron chi connectivity index (χ1n) is 8.02. The van der Waals surface area contributed by atoms with Gasteiger partial charge >= 0.3 is 0 Å². The van der Waals surface area contributed by atoms with Crippen LogP contribution in [0.2, 0.25) is 0 Å². The third-order valence-electron chi connectivity index (χ3n) is 4.74. The highest BCUT2D eigenvalue weighted by molar-refractivity contribution is 4.86. The quantitative estimate of drug-likeness (QED) is 0.703. The average Bonchev–Trinajstić information content (AvgIpc) is 2.33. The van der Waals surface area contributed by atoms with E-state index in [-0.39, 0.29) is 0 Å². The largest absolute Gasteiger partial charge is 0.327 e. The first-order valence-corrected chi connectivity index (χ1v) is 8.02. The van der Waals surface area contributed by atoms with Gasteiger partial charge in [-0.05, 0) is 44.7 Å². The van der Waals surface area contributed by atoms with Gasteiger partial charge < -0.3 is 10.6 Å². The van der Waals surface area contributed by atoms with Crippen LogP contribution in [0, 0.1) is 11.8 Å². The lowest BCUT2D eigenvalue weighted by molar-refractivity contribution is 0.0960. The van der Waals surface area contributed by atoms with Crippen molar-refractivity contribution >= 4 is 0 Å². The van der Waals surface area contributed by atoms with Crippen LogP contribution in [0.1, 0.15) is 66.2 Å². The van der Waals surface area contributed by atoms with Crippen LogP contribution in [0.4, 0.5) is 0 Å². The van der Waals surface area contributed by atoms with Crippen LogP contribution >= 0.6 is 0 Å². The molecule has 1 fully saturated rings. The molecular weight excluding hydrogens is 220 g/mol. The minimum Gasteiger partial charge on any atom is -0.327 e. The summed E-state index contributed by atoms with van der Waals surface area (Å²) < 4.78 is 0. The Bertz CT molecular complexity index is 215. The van der Waals surface area contributed by atoms with Gasteiger partial charge in [-0.15, -0.1) is 0 Å². The number of rotatable bonds is 7. The molecule has 3 atom stereocenters. The highest BCUT2D eigenvalue weighted by Crippen LogP contribution is 2.22. The number of unbranched alkanes of at least 4 members (excludes halogenated alkanes) is 3. The summed E-state index contributed by atoms with van der Waals surface area (Å²) >= 11 is 0. The van der Waals surface area contributed by atoms with Gasteiger partial charge in [0.1, 0.15) is 0 Å². The molecule has 0 spiro atoms. The maximum atomic E-state index is 6.13. The Labute approximate surface area is 114 Å². The van der Waals surface area contributed by atoms with Crippen LogP contribution in [0.25, 0.3) is 0 Å². The molecule has 108 valence electrons. The van der Waals surface area contributed by atoms with Crippen molar-refractivity contribution < 1.29 is 0 Å². The van der Waals surface area contributed by atoms with E-state index in [0.717, 1.165) is 5.92 Å². The van der Waals surface area contributed by atoms with E-state index in [4.69, 9.17) is 5.73 Å². The molecule has 0 radical (unpaired) electrons. The van der Waals surface area contributed by atoms with Crippen LogP contribution in [0.15, 0.2) is 0 Å². The van der Waals surface area contributed by atoms with Crippen molar-refractivity contribution in [2.75, 3.05) is 13.1 Å². The van der Waals surface area contributed by atoms with Crippen molar-refractivity contribution in [3.63, 3.8) is 0 Å². The number of hydrogen-bond acceptors (Lipinski definition) is 2. The van der Waals surface area contributed by atoms with E-state index in [1.165, 1.54) is 51.6 Å². The van der Waals surface area contributed by atoms with E-state index < -0.39 is 0 Å². The molecule has 1 heterocycles. The van der Waals surface area contributed by atoms with Gasteiger partial charge in [-0.2, -0.15) is 0 Å². The zero-order valence-electron chi connectivity index (χ0n) is 13.0. The van der Waals surface area contributed by atoms with E-state index in [9.17, 15) is 0 Å². The molecule has 0 amide bonds. The van der Waals surface area contributed by atoms with Gasteiger partial charge in [0.05, 0.1) is 0 Å². The Hall–Kier alpha value is -0.0800. The monoisotopic (exact) mass is 254 g/mol. The molecule has 0 aliphatic carbocycles. The lowest BCUT2D eigenvalue weighted by atomic mass is 9.87. The van der Waals surface area contributed by atoms with E-state index >= 15 is 0 Å². The van der Waals surface area contributed by atoms with Gasteiger partial charge in [0, 0.05) is 12.1 Å². The lowest BCUT2D eigenvalue weighted by Gasteiger charge is -2.41. The molecule has 2 nitrogen and oxygen atoms in total. The third kappa shape index (κ3) is 5.27. The zero-order valence-corrected chi connectivity index (χ0v) is 13.0. The predicted molar refractivity (Wildman–Crippen MR) is 80.7 cm³/mol. The Morgan fingerprint density at radius 2 is 1.78 bits per heavy atom. The highest BCUT2D eigenvalue weighted by atomic mass is 15.2. The van der Waals surface area contributed by atoms with Crippen LogP contribution < -0.4 is 5.73 Å². The van der Waals surface area contributed by atoms with Gasteiger partial charge in [0.15, 0.2) is 0 Å². The first kappa shape index (κ1) is 16.0. The standard InChI is InChI=1S/C16H34N2/c1-13(2)9-7-5-6-8-11-18-12-10-16(17)14(3)15(18)4/h13-16H,5-12,17H2,1-4H3. The van der Waals surface area contributed by atoms with E-state index in [2.05, 4.69) is 32.6 Å².